The molecule has 2 rings (SSSR count). The van der Waals surface area contributed by atoms with Crippen molar-refractivity contribution in [2.24, 2.45) is 0 Å². The van der Waals surface area contributed by atoms with Crippen molar-refractivity contribution in [2.45, 2.75) is 45.4 Å². The molecule has 108 valence electrons. The number of nitrogens with one attached hydrogen (secondary N) is 1. The minimum Gasteiger partial charge on any atom is -0.467 e. The molecule has 1 atom stereocenters. The van der Waals surface area contributed by atoms with Crippen LogP contribution in [0.1, 0.15) is 37.5 Å². The summed E-state index contributed by atoms with van der Waals surface area (Å²) in [4.78, 5) is 2.44. The Morgan fingerprint density at radius 1 is 1.53 bits per heavy atom. The van der Waals surface area contributed by atoms with E-state index in [0.717, 1.165) is 31.9 Å². The van der Waals surface area contributed by atoms with Crippen LogP contribution in [0.5, 0.6) is 0 Å². The second-order valence-electron chi connectivity index (χ2n) is 5.27. The van der Waals surface area contributed by atoms with Gasteiger partial charge in [0.05, 0.1) is 6.26 Å². The second kappa shape index (κ2) is 7.68. The summed E-state index contributed by atoms with van der Waals surface area (Å²) in [5.41, 5.74) is 1.21. The lowest BCUT2D eigenvalue weighted by molar-refractivity contribution is 0.0887. The SMILES string of the molecule is CCNCc1ccoc1COCCC1CCCN1C. The first-order valence-corrected chi connectivity index (χ1v) is 7.35. The van der Waals surface area contributed by atoms with Gasteiger partial charge in [-0.2, -0.15) is 0 Å². The molecule has 0 aromatic carbocycles. The van der Waals surface area contributed by atoms with Crippen LogP contribution in [0.2, 0.25) is 0 Å². The lowest BCUT2D eigenvalue weighted by Crippen LogP contribution is -2.26. The van der Waals surface area contributed by atoms with E-state index >= 15 is 0 Å². The predicted molar refractivity (Wildman–Crippen MR) is 76.0 cm³/mol. The second-order valence-corrected chi connectivity index (χ2v) is 5.27. The topological polar surface area (TPSA) is 37.6 Å². The van der Waals surface area contributed by atoms with Gasteiger partial charge in [-0.1, -0.05) is 6.92 Å². The molecule has 0 amide bonds. The third-order valence-corrected chi connectivity index (χ3v) is 3.90. The van der Waals surface area contributed by atoms with Gasteiger partial charge in [-0.15, -0.1) is 0 Å². The third kappa shape index (κ3) is 4.34. The number of ether oxygens (including phenoxy) is 1. The number of furan rings is 1. The molecule has 2 heterocycles. The summed E-state index contributed by atoms with van der Waals surface area (Å²) < 4.78 is 11.2. The van der Waals surface area contributed by atoms with Crippen LogP contribution in [-0.2, 0) is 17.9 Å². The summed E-state index contributed by atoms with van der Waals surface area (Å²) in [5, 5.41) is 3.31. The molecule has 4 heteroatoms. The van der Waals surface area contributed by atoms with Gasteiger partial charge in [0, 0.05) is 24.8 Å². The zero-order chi connectivity index (χ0) is 13.5. The lowest BCUT2D eigenvalue weighted by Gasteiger charge is -2.18. The van der Waals surface area contributed by atoms with E-state index in [2.05, 4.69) is 24.2 Å². The quantitative estimate of drug-likeness (QED) is 0.733. The van der Waals surface area contributed by atoms with E-state index in [1.165, 1.54) is 24.9 Å². The Bertz CT molecular complexity index is 365. The summed E-state index contributed by atoms with van der Waals surface area (Å²) in [6.45, 7) is 6.57. The molecule has 1 aromatic rings. The minimum absolute atomic E-state index is 0.587. The van der Waals surface area contributed by atoms with Gasteiger partial charge in [0.15, 0.2) is 0 Å². The van der Waals surface area contributed by atoms with Crippen LogP contribution in [0, 0.1) is 0 Å². The van der Waals surface area contributed by atoms with Gasteiger partial charge in [0.2, 0.25) is 0 Å². The normalized spacial score (nSPS) is 20.2. The van der Waals surface area contributed by atoms with Crippen LogP contribution in [0.4, 0.5) is 0 Å². The fourth-order valence-corrected chi connectivity index (χ4v) is 2.64. The largest absolute Gasteiger partial charge is 0.467 e. The van der Waals surface area contributed by atoms with Crippen molar-refractivity contribution in [2.75, 3.05) is 26.7 Å². The van der Waals surface area contributed by atoms with Crippen LogP contribution >= 0.6 is 0 Å². The Balaban J connectivity index is 1.66. The molecule has 1 saturated heterocycles. The highest BCUT2D eigenvalue weighted by atomic mass is 16.5. The molecular weight excluding hydrogens is 240 g/mol. The van der Waals surface area contributed by atoms with Crippen molar-refractivity contribution < 1.29 is 9.15 Å². The van der Waals surface area contributed by atoms with Crippen LogP contribution in [0.15, 0.2) is 16.7 Å². The highest BCUT2D eigenvalue weighted by Crippen LogP contribution is 2.18. The highest BCUT2D eigenvalue weighted by molar-refractivity contribution is 5.16. The first-order valence-electron chi connectivity index (χ1n) is 7.35. The van der Waals surface area contributed by atoms with E-state index in [1.807, 2.05) is 6.07 Å². The maximum absolute atomic E-state index is 5.76. The van der Waals surface area contributed by atoms with Crippen molar-refractivity contribution >= 4 is 0 Å². The summed E-state index contributed by atoms with van der Waals surface area (Å²) >= 11 is 0. The van der Waals surface area contributed by atoms with Crippen LogP contribution in [0.25, 0.3) is 0 Å². The molecule has 1 fully saturated rings. The van der Waals surface area contributed by atoms with Crippen molar-refractivity contribution in [1.29, 1.82) is 0 Å². The molecule has 0 bridgehead atoms. The minimum atomic E-state index is 0.587. The van der Waals surface area contributed by atoms with Gasteiger partial charge in [-0.05, 0) is 45.5 Å². The fraction of sp³-hybridized carbons (Fsp3) is 0.733. The Labute approximate surface area is 116 Å². The van der Waals surface area contributed by atoms with Gasteiger partial charge >= 0.3 is 0 Å². The summed E-state index contributed by atoms with van der Waals surface area (Å²) in [7, 11) is 2.21. The van der Waals surface area contributed by atoms with Crippen LogP contribution < -0.4 is 5.32 Å². The summed E-state index contributed by atoms with van der Waals surface area (Å²) in [6.07, 6.45) is 5.51. The average Bonchev–Trinajstić information content (AvgIpc) is 3.01. The zero-order valence-corrected chi connectivity index (χ0v) is 12.2. The number of rotatable bonds is 8. The van der Waals surface area contributed by atoms with Crippen LogP contribution in [0.3, 0.4) is 0 Å². The van der Waals surface area contributed by atoms with E-state index < -0.39 is 0 Å². The van der Waals surface area contributed by atoms with E-state index in [1.54, 1.807) is 6.26 Å². The standard InChI is InChI=1S/C15H26N2O2/c1-3-16-11-13-6-10-19-15(13)12-18-9-7-14-5-4-8-17(14)2/h6,10,14,16H,3-5,7-9,11-12H2,1-2H3. The Hall–Kier alpha value is -0.840. The monoisotopic (exact) mass is 266 g/mol. The first kappa shape index (κ1) is 14.6. The molecule has 1 aliphatic rings. The lowest BCUT2D eigenvalue weighted by atomic mass is 10.1. The molecule has 0 saturated carbocycles. The molecule has 4 nitrogen and oxygen atoms in total. The van der Waals surface area contributed by atoms with Crippen molar-refractivity contribution in [3.8, 4) is 0 Å². The Morgan fingerprint density at radius 3 is 3.16 bits per heavy atom. The van der Waals surface area contributed by atoms with Gasteiger partial charge in [-0.3, -0.25) is 0 Å². The Morgan fingerprint density at radius 2 is 2.42 bits per heavy atom. The molecule has 1 aromatic heterocycles. The first-order chi connectivity index (χ1) is 9.31. The number of hydrogen-bond acceptors (Lipinski definition) is 4. The molecule has 1 aliphatic heterocycles. The van der Waals surface area contributed by atoms with Crippen molar-refractivity contribution in [1.82, 2.24) is 10.2 Å². The van der Waals surface area contributed by atoms with Crippen LogP contribution in [-0.4, -0.2) is 37.7 Å². The van der Waals surface area contributed by atoms with Crippen molar-refractivity contribution in [3.05, 3.63) is 23.7 Å². The summed E-state index contributed by atoms with van der Waals surface area (Å²) in [5.74, 6) is 0.959. The number of likely N-dealkylation sites (tertiary alicyclic amines) is 1. The predicted octanol–water partition coefficient (Wildman–Crippen LogP) is 2.39. The maximum atomic E-state index is 5.76. The van der Waals surface area contributed by atoms with E-state index in [-0.39, 0.29) is 0 Å². The Kier molecular flexibility index (Phi) is 5.89. The number of hydrogen-bond donors (Lipinski definition) is 1. The number of nitrogens with zero attached hydrogens (tertiary/aromatic N) is 1. The maximum Gasteiger partial charge on any atom is 0.133 e. The average molecular weight is 266 g/mol. The summed E-state index contributed by atoms with van der Waals surface area (Å²) in [6, 6.07) is 2.73. The van der Waals surface area contributed by atoms with E-state index in [0.29, 0.717) is 12.6 Å². The molecule has 1 N–H and O–H groups in total. The zero-order valence-electron chi connectivity index (χ0n) is 12.2. The fourth-order valence-electron chi connectivity index (χ4n) is 2.64. The van der Waals surface area contributed by atoms with Gasteiger partial charge in [0.25, 0.3) is 0 Å². The third-order valence-electron chi connectivity index (χ3n) is 3.90. The van der Waals surface area contributed by atoms with Gasteiger partial charge < -0.3 is 19.4 Å². The molecule has 0 radical (unpaired) electrons. The highest BCUT2D eigenvalue weighted by Gasteiger charge is 2.20. The molecule has 1 unspecified atom stereocenters. The molecule has 19 heavy (non-hydrogen) atoms. The molecule has 0 spiro atoms. The van der Waals surface area contributed by atoms with Crippen molar-refractivity contribution in [3.63, 3.8) is 0 Å². The van der Waals surface area contributed by atoms with Gasteiger partial charge in [-0.25, -0.2) is 0 Å². The van der Waals surface area contributed by atoms with E-state index in [9.17, 15) is 0 Å². The smallest absolute Gasteiger partial charge is 0.133 e. The molecule has 0 aliphatic carbocycles. The van der Waals surface area contributed by atoms with E-state index in [4.69, 9.17) is 9.15 Å². The molecular formula is C15H26N2O2. The van der Waals surface area contributed by atoms with Gasteiger partial charge in [0.1, 0.15) is 12.4 Å².